The van der Waals surface area contributed by atoms with Crippen LogP contribution in [0.3, 0.4) is 0 Å². The predicted molar refractivity (Wildman–Crippen MR) is 104 cm³/mol. The Kier molecular flexibility index (Phi) is 8.79. The summed E-state index contributed by atoms with van der Waals surface area (Å²) in [7, 11) is 0. The Labute approximate surface area is 163 Å². The summed E-state index contributed by atoms with van der Waals surface area (Å²) in [5, 5.41) is 6.18. The second-order valence-corrected chi connectivity index (χ2v) is 6.80. The van der Waals surface area contributed by atoms with Gasteiger partial charge in [-0.1, -0.05) is 12.1 Å². The molecule has 1 aliphatic heterocycles. The van der Waals surface area contributed by atoms with Gasteiger partial charge in [-0.15, -0.1) is 36.2 Å². The summed E-state index contributed by atoms with van der Waals surface area (Å²) < 4.78 is 12.9. The summed E-state index contributed by atoms with van der Waals surface area (Å²) in [6, 6.07) is 6.68. The number of nitrogens with one attached hydrogen (secondary N) is 1. The number of aromatic nitrogens is 1. The van der Waals surface area contributed by atoms with Crippen molar-refractivity contribution in [1.29, 1.82) is 0 Å². The van der Waals surface area contributed by atoms with Gasteiger partial charge < -0.3 is 10.2 Å². The van der Waals surface area contributed by atoms with Gasteiger partial charge in [-0.05, 0) is 24.6 Å². The second-order valence-electron chi connectivity index (χ2n) is 5.85. The van der Waals surface area contributed by atoms with E-state index in [0.717, 1.165) is 35.9 Å². The Morgan fingerprint density at radius 1 is 1.36 bits per heavy atom. The molecule has 4 nitrogen and oxygen atoms in total. The van der Waals surface area contributed by atoms with Gasteiger partial charge in [0.2, 0.25) is 5.91 Å². The van der Waals surface area contributed by atoms with Crippen LogP contribution < -0.4 is 5.32 Å². The quantitative estimate of drug-likeness (QED) is 0.849. The van der Waals surface area contributed by atoms with Crippen molar-refractivity contribution in [3.8, 4) is 0 Å². The molecule has 0 aliphatic carbocycles. The number of rotatable bonds is 4. The van der Waals surface area contributed by atoms with Crippen LogP contribution in [0.5, 0.6) is 0 Å². The van der Waals surface area contributed by atoms with E-state index in [0.29, 0.717) is 12.8 Å². The molecule has 0 radical (unpaired) electrons. The molecule has 0 saturated carbocycles. The second kappa shape index (κ2) is 10.1. The van der Waals surface area contributed by atoms with Crippen LogP contribution in [0.2, 0.25) is 0 Å². The number of hydrogen-bond acceptors (Lipinski definition) is 4. The SMILES string of the molecule is C[C@H]1CNCCN1C(=O)Cc1csc(Cc2ccc(F)cc2)n1.Cl.Cl. The lowest BCUT2D eigenvalue weighted by Gasteiger charge is -2.33. The molecular weight excluding hydrogens is 384 g/mol. The van der Waals surface area contributed by atoms with Gasteiger partial charge in [-0.3, -0.25) is 4.79 Å². The van der Waals surface area contributed by atoms with Gasteiger partial charge in [-0.2, -0.15) is 0 Å². The zero-order valence-electron chi connectivity index (χ0n) is 13.9. The van der Waals surface area contributed by atoms with Crippen LogP contribution in [0, 0.1) is 5.82 Å². The van der Waals surface area contributed by atoms with E-state index in [1.165, 1.54) is 12.1 Å². The van der Waals surface area contributed by atoms with Crippen molar-refractivity contribution in [2.45, 2.75) is 25.8 Å². The van der Waals surface area contributed by atoms with Gasteiger partial charge >= 0.3 is 0 Å². The van der Waals surface area contributed by atoms with Crippen molar-refractivity contribution in [3.05, 3.63) is 51.7 Å². The van der Waals surface area contributed by atoms with E-state index in [1.54, 1.807) is 23.5 Å². The third-order valence-corrected chi connectivity index (χ3v) is 4.92. The maximum absolute atomic E-state index is 12.9. The molecule has 1 aromatic carbocycles. The fourth-order valence-electron chi connectivity index (χ4n) is 2.76. The fraction of sp³-hybridized carbons (Fsp3) is 0.412. The summed E-state index contributed by atoms with van der Waals surface area (Å²) in [5.41, 5.74) is 1.84. The Morgan fingerprint density at radius 3 is 2.76 bits per heavy atom. The van der Waals surface area contributed by atoms with E-state index in [4.69, 9.17) is 0 Å². The lowest BCUT2D eigenvalue weighted by molar-refractivity contribution is -0.133. The van der Waals surface area contributed by atoms with E-state index in [1.807, 2.05) is 10.3 Å². The van der Waals surface area contributed by atoms with Crippen LogP contribution in [-0.2, 0) is 17.6 Å². The van der Waals surface area contributed by atoms with Crippen molar-refractivity contribution in [2.24, 2.45) is 0 Å². The highest BCUT2D eigenvalue weighted by Crippen LogP contribution is 2.17. The number of benzene rings is 1. The molecular formula is C17H22Cl2FN3OS. The minimum atomic E-state index is -0.232. The third-order valence-electron chi connectivity index (χ3n) is 4.02. The average molecular weight is 406 g/mol. The molecule has 0 unspecified atom stereocenters. The largest absolute Gasteiger partial charge is 0.337 e. The molecule has 25 heavy (non-hydrogen) atoms. The zero-order chi connectivity index (χ0) is 16.2. The van der Waals surface area contributed by atoms with Crippen molar-refractivity contribution >= 4 is 42.1 Å². The highest BCUT2D eigenvalue weighted by atomic mass is 35.5. The van der Waals surface area contributed by atoms with Gasteiger partial charge in [0, 0.05) is 37.5 Å². The Bertz CT molecular complexity index is 681. The van der Waals surface area contributed by atoms with Gasteiger partial charge in [-0.25, -0.2) is 9.37 Å². The highest BCUT2D eigenvalue weighted by molar-refractivity contribution is 7.09. The number of hydrogen-bond donors (Lipinski definition) is 1. The van der Waals surface area contributed by atoms with Gasteiger partial charge in [0.1, 0.15) is 5.82 Å². The van der Waals surface area contributed by atoms with Crippen molar-refractivity contribution in [3.63, 3.8) is 0 Å². The minimum Gasteiger partial charge on any atom is -0.337 e. The van der Waals surface area contributed by atoms with E-state index in [-0.39, 0.29) is 42.6 Å². The number of thiazole rings is 1. The van der Waals surface area contributed by atoms with E-state index in [2.05, 4.69) is 17.2 Å². The van der Waals surface area contributed by atoms with E-state index < -0.39 is 0 Å². The summed E-state index contributed by atoms with van der Waals surface area (Å²) in [4.78, 5) is 18.9. The predicted octanol–water partition coefficient (Wildman–Crippen LogP) is 3.08. The molecule has 138 valence electrons. The topological polar surface area (TPSA) is 45.2 Å². The van der Waals surface area contributed by atoms with Crippen molar-refractivity contribution in [2.75, 3.05) is 19.6 Å². The number of carbonyl (C=O) groups excluding carboxylic acids is 1. The highest BCUT2D eigenvalue weighted by Gasteiger charge is 2.23. The molecule has 0 spiro atoms. The fourth-order valence-corrected chi connectivity index (χ4v) is 3.58. The molecule has 1 amide bonds. The summed E-state index contributed by atoms with van der Waals surface area (Å²) in [6.07, 6.45) is 1.02. The van der Waals surface area contributed by atoms with Crippen LogP contribution in [0.25, 0.3) is 0 Å². The molecule has 1 aliphatic rings. The number of amides is 1. The average Bonchev–Trinajstić information content (AvgIpc) is 2.97. The smallest absolute Gasteiger partial charge is 0.228 e. The van der Waals surface area contributed by atoms with Gasteiger partial charge in [0.15, 0.2) is 0 Å². The van der Waals surface area contributed by atoms with Gasteiger partial charge in [0.05, 0.1) is 17.1 Å². The molecule has 1 aromatic heterocycles. The van der Waals surface area contributed by atoms with Crippen LogP contribution in [0.4, 0.5) is 4.39 Å². The summed E-state index contributed by atoms with van der Waals surface area (Å²) >= 11 is 1.55. The standard InChI is InChI=1S/C17H20FN3OS.2ClH/c1-12-10-19-6-7-21(12)17(22)9-15-11-23-16(20-15)8-13-2-4-14(18)5-3-13;;/h2-5,11-12,19H,6-10H2,1H3;2*1H/t12-;;/m0../s1. The Morgan fingerprint density at radius 2 is 2.08 bits per heavy atom. The van der Waals surface area contributed by atoms with E-state index in [9.17, 15) is 9.18 Å². The Balaban J connectivity index is 0.00000156. The third kappa shape index (κ3) is 5.92. The van der Waals surface area contributed by atoms with E-state index >= 15 is 0 Å². The molecule has 1 atom stereocenters. The normalized spacial score (nSPS) is 16.7. The molecule has 8 heteroatoms. The number of piperazine rings is 1. The molecule has 2 aromatic rings. The summed E-state index contributed by atoms with van der Waals surface area (Å²) in [6.45, 7) is 4.51. The molecule has 0 bridgehead atoms. The first-order valence-corrected chi connectivity index (χ1v) is 8.67. The molecule has 3 rings (SSSR count). The van der Waals surface area contributed by atoms with Crippen LogP contribution >= 0.6 is 36.2 Å². The maximum Gasteiger partial charge on any atom is 0.228 e. The number of carbonyl (C=O) groups is 1. The first kappa shape index (κ1) is 21.8. The minimum absolute atomic E-state index is 0. The molecule has 2 heterocycles. The number of nitrogens with zero attached hydrogens (tertiary/aromatic N) is 2. The molecule has 1 fully saturated rings. The van der Waals surface area contributed by atoms with Crippen LogP contribution in [-0.4, -0.2) is 41.5 Å². The zero-order valence-corrected chi connectivity index (χ0v) is 16.4. The molecule has 1 saturated heterocycles. The lowest BCUT2D eigenvalue weighted by atomic mass is 10.1. The van der Waals surface area contributed by atoms with Crippen molar-refractivity contribution in [1.82, 2.24) is 15.2 Å². The number of halogens is 3. The lowest BCUT2D eigenvalue weighted by Crippen LogP contribution is -2.52. The first-order valence-electron chi connectivity index (χ1n) is 7.80. The molecule has 1 N–H and O–H groups in total. The first-order chi connectivity index (χ1) is 11.1. The van der Waals surface area contributed by atoms with Crippen LogP contribution in [0.1, 0.15) is 23.2 Å². The Hall–Kier alpha value is -1.21. The monoisotopic (exact) mass is 405 g/mol. The van der Waals surface area contributed by atoms with Crippen LogP contribution in [0.15, 0.2) is 29.6 Å². The van der Waals surface area contributed by atoms with Crippen molar-refractivity contribution < 1.29 is 9.18 Å². The maximum atomic E-state index is 12.9. The van der Waals surface area contributed by atoms with Gasteiger partial charge in [0.25, 0.3) is 0 Å². The summed E-state index contributed by atoms with van der Waals surface area (Å²) in [5.74, 6) is -0.0954.